The number of nitrogens with zero attached hydrogens (tertiary/aromatic N) is 1. The topological polar surface area (TPSA) is 37.4 Å². The Kier molecular flexibility index (Phi) is 4.24. The van der Waals surface area contributed by atoms with Crippen LogP contribution in [0.2, 0.25) is 0 Å². The van der Waals surface area contributed by atoms with Crippen LogP contribution in [0.1, 0.15) is 68.1 Å². The molecule has 0 bridgehead atoms. The van der Waals surface area contributed by atoms with Crippen molar-refractivity contribution >= 4 is 28.8 Å². The Bertz CT molecular complexity index is 809. The SMILES string of the molecule is Cc1sc(C)c2c1C(=O)N(c1cccc(CC3CCCCC3)c1)C2=O. The summed E-state index contributed by atoms with van der Waals surface area (Å²) in [5.41, 5.74) is 3.14. The van der Waals surface area contributed by atoms with Gasteiger partial charge in [0.15, 0.2) is 0 Å². The van der Waals surface area contributed by atoms with Crippen molar-refractivity contribution in [1.29, 1.82) is 0 Å². The summed E-state index contributed by atoms with van der Waals surface area (Å²) in [7, 11) is 0. The Morgan fingerprint density at radius 3 is 2.28 bits per heavy atom. The van der Waals surface area contributed by atoms with Crippen molar-refractivity contribution in [3.05, 3.63) is 50.7 Å². The fraction of sp³-hybridized carbons (Fsp3) is 0.429. The van der Waals surface area contributed by atoms with Crippen LogP contribution in [0.5, 0.6) is 0 Å². The highest BCUT2D eigenvalue weighted by Gasteiger charge is 2.40. The maximum Gasteiger partial charge on any atom is 0.267 e. The highest BCUT2D eigenvalue weighted by atomic mass is 32.1. The normalized spacial score (nSPS) is 18.1. The number of fused-ring (bicyclic) bond motifs is 1. The van der Waals surface area contributed by atoms with Gasteiger partial charge in [-0.15, -0.1) is 11.3 Å². The predicted octanol–water partition coefficient (Wildman–Crippen LogP) is 5.29. The van der Waals surface area contributed by atoms with Gasteiger partial charge in [-0.1, -0.05) is 44.2 Å². The van der Waals surface area contributed by atoms with Gasteiger partial charge in [0.2, 0.25) is 0 Å². The first-order valence-corrected chi connectivity index (χ1v) is 9.95. The summed E-state index contributed by atoms with van der Waals surface area (Å²) >= 11 is 1.53. The van der Waals surface area contributed by atoms with Crippen LogP contribution < -0.4 is 4.90 Å². The second-order valence-electron chi connectivity index (χ2n) is 7.29. The highest BCUT2D eigenvalue weighted by Crippen LogP contribution is 2.37. The van der Waals surface area contributed by atoms with E-state index in [-0.39, 0.29) is 11.8 Å². The highest BCUT2D eigenvalue weighted by molar-refractivity contribution is 7.12. The van der Waals surface area contributed by atoms with E-state index in [0.717, 1.165) is 22.1 Å². The van der Waals surface area contributed by atoms with E-state index < -0.39 is 0 Å². The summed E-state index contributed by atoms with van der Waals surface area (Å²) in [6.07, 6.45) is 7.64. The molecule has 25 heavy (non-hydrogen) atoms. The zero-order chi connectivity index (χ0) is 17.6. The Labute approximate surface area is 152 Å². The van der Waals surface area contributed by atoms with Crippen molar-refractivity contribution in [2.45, 2.75) is 52.4 Å². The van der Waals surface area contributed by atoms with Gasteiger partial charge in [-0.2, -0.15) is 0 Å². The average molecular weight is 353 g/mol. The number of amides is 2. The Balaban J connectivity index is 1.62. The molecule has 2 aromatic rings. The molecular weight excluding hydrogens is 330 g/mol. The first-order valence-electron chi connectivity index (χ1n) is 9.14. The first-order chi connectivity index (χ1) is 12.1. The second-order valence-corrected chi connectivity index (χ2v) is 8.72. The van der Waals surface area contributed by atoms with Crippen molar-refractivity contribution in [2.75, 3.05) is 4.90 Å². The van der Waals surface area contributed by atoms with Gasteiger partial charge in [0, 0.05) is 9.75 Å². The lowest BCUT2D eigenvalue weighted by molar-refractivity contribution is 0.0926. The molecule has 130 valence electrons. The van der Waals surface area contributed by atoms with Gasteiger partial charge < -0.3 is 0 Å². The van der Waals surface area contributed by atoms with Gasteiger partial charge in [0.25, 0.3) is 11.8 Å². The number of carbonyl (C=O) groups is 2. The molecule has 2 aliphatic rings. The molecule has 1 aromatic heterocycles. The quantitative estimate of drug-likeness (QED) is 0.703. The van der Waals surface area contributed by atoms with Gasteiger partial charge in [-0.05, 0) is 43.9 Å². The fourth-order valence-corrected chi connectivity index (χ4v) is 5.34. The van der Waals surface area contributed by atoms with E-state index >= 15 is 0 Å². The summed E-state index contributed by atoms with van der Waals surface area (Å²) in [5.74, 6) is 0.396. The van der Waals surface area contributed by atoms with Crippen molar-refractivity contribution in [2.24, 2.45) is 5.92 Å². The summed E-state index contributed by atoms with van der Waals surface area (Å²) < 4.78 is 0. The van der Waals surface area contributed by atoms with Crippen LogP contribution in [0, 0.1) is 19.8 Å². The summed E-state index contributed by atoms with van der Waals surface area (Å²) in [5, 5.41) is 0. The summed E-state index contributed by atoms with van der Waals surface area (Å²) in [4.78, 5) is 28.9. The zero-order valence-electron chi connectivity index (χ0n) is 14.8. The fourth-order valence-electron chi connectivity index (χ4n) is 4.30. The summed E-state index contributed by atoms with van der Waals surface area (Å²) in [6.45, 7) is 3.84. The lowest BCUT2D eigenvalue weighted by atomic mass is 9.85. The molecule has 1 aliphatic heterocycles. The third kappa shape index (κ3) is 2.82. The number of hydrogen-bond acceptors (Lipinski definition) is 3. The Morgan fingerprint density at radius 1 is 1.00 bits per heavy atom. The molecule has 2 heterocycles. The van der Waals surface area contributed by atoms with Crippen molar-refractivity contribution < 1.29 is 9.59 Å². The van der Waals surface area contributed by atoms with Crippen LogP contribution in [-0.4, -0.2) is 11.8 Å². The molecule has 0 unspecified atom stereocenters. The van der Waals surface area contributed by atoms with Crippen LogP contribution in [0.15, 0.2) is 24.3 Å². The van der Waals surface area contributed by atoms with E-state index in [1.54, 1.807) is 0 Å². The molecule has 4 rings (SSSR count). The van der Waals surface area contributed by atoms with Gasteiger partial charge in [-0.25, -0.2) is 4.90 Å². The van der Waals surface area contributed by atoms with Gasteiger partial charge >= 0.3 is 0 Å². The number of anilines is 1. The molecule has 1 fully saturated rings. The van der Waals surface area contributed by atoms with E-state index in [0.29, 0.717) is 16.8 Å². The lowest BCUT2D eigenvalue weighted by Gasteiger charge is -2.22. The first kappa shape index (κ1) is 16.5. The summed E-state index contributed by atoms with van der Waals surface area (Å²) in [6, 6.07) is 8.00. The molecular formula is C21H23NO2S. The largest absolute Gasteiger partial charge is 0.268 e. The number of thiophene rings is 1. The molecule has 1 aromatic carbocycles. The van der Waals surface area contributed by atoms with E-state index in [4.69, 9.17) is 0 Å². The van der Waals surface area contributed by atoms with E-state index in [2.05, 4.69) is 6.07 Å². The molecule has 2 amide bonds. The average Bonchev–Trinajstić information content (AvgIpc) is 3.04. The van der Waals surface area contributed by atoms with Crippen LogP contribution in [0.25, 0.3) is 0 Å². The van der Waals surface area contributed by atoms with Crippen molar-refractivity contribution in [3.63, 3.8) is 0 Å². The molecule has 3 nitrogen and oxygen atoms in total. The third-order valence-electron chi connectivity index (χ3n) is 5.51. The molecule has 1 aliphatic carbocycles. The van der Waals surface area contributed by atoms with E-state index in [9.17, 15) is 9.59 Å². The third-order valence-corrected chi connectivity index (χ3v) is 6.53. The number of benzene rings is 1. The maximum absolute atomic E-state index is 12.9. The van der Waals surface area contributed by atoms with Crippen LogP contribution in [0.3, 0.4) is 0 Å². The molecule has 0 radical (unpaired) electrons. The number of imide groups is 1. The lowest BCUT2D eigenvalue weighted by Crippen LogP contribution is -2.30. The van der Waals surface area contributed by atoms with Crippen molar-refractivity contribution in [1.82, 2.24) is 0 Å². The second kappa shape index (κ2) is 6.41. The minimum atomic E-state index is -0.170. The monoisotopic (exact) mass is 353 g/mol. The zero-order valence-corrected chi connectivity index (χ0v) is 15.6. The molecule has 4 heteroatoms. The molecule has 0 saturated heterocycles. The van der Waals surface area contributed by atoms with E-state index in [1.165, 1.54) is 53.9 Å². The minimum absolute atomic E-state index is 0.170. The number of rotatable bonds is 3. The Morgan fingerprint density at radius 2 is 1.64 bits per heavy atom. The number of hydrogen-bond donors (Lipinski definition) is 0. The Hall–Kier alpha value is -1.94. The molecule has 0 N–H and O–H groups in total. The van der Waals surface area contributed by atoms with Gasteiger partial charge in [-0.3, -0.25) is 9.59 Å². The van der Waals surface area contributed by atoms with Crippen LogP contribution >= 0.6 is 11.3 Å². The predicted molar refractivity (Wildman–Crippen MR) is 102 cm³/mol. The molecule has 1 saturated carbocycles. The van der Waals surface area contributed by atoms with E-state index in [1.807, 2.05) is 32.0 Å². The molecule has 0 spiro atoms. The van der Waals surface area contributed by atoms with Gasteiger partial charge in [0.1, 0.15) is 0 Å². The van der Waals surface area contributed by atoms with Crippen LogP contribution in [-0.2, 0) is 6.42 Å². The van der Waals surface area contributed by atoms with Crippen molar-refractivity contribution in [3.8, 4) is 0 Å². The number of aryl methyl sites for hydroxylation is 2. The van der Waals surface area contributed by atoms with Gasteiger partial charge in [0.05, 0.1) is 16.8 Å². The molecule has 0 atom stereocenters. The van der Waals surface area contributed by atoms with Crippen LogP contribution in [0.4, 0.5) is 5.69 Å². The maximum atomic E-state index is 12.9. The minimum Gasteiger partial charge on any atom is -0.268 e. The standard InChI is InChI=1S/C21H23NO2S/c1-13-18-19(14(2)25-13)21(24)22(20(18)23)17-10-6-9-16(12-17)11-15-7-4-3-5-8-15/h6,9-10,12,15H,3-5,7-8,11H2,1-2H3. The number of carbonyl (C=O) groups excluding carboxylic acids is 2. The smallest absolute Gasteiger partial charge is 0.267 e.